The number of hydrogen-bond donors (Lipinski definition) is 2. The predicted octanol–water partition coefficient (Wildman–Crippen LogP) is 0.614. The fourth-order valence-corrected chi connectivity index (χ4v) is 0.808. The minimum atomic E-state index is -1.41. The van der Waals surface area contributed by atoms with Crippen molar-refractivity contribution in [1.29, 1.82) is 0 Å². The van der Waals surface area contributed by atoms with Crippen molar-refractivity contribution >= 4 is 11.8 Å². The van der Waals surface area contributed by atoms with Crippen LogP contribution in [0.25, 0.3) is 0 Å². The Balaban J connectivity index is 3.16. The number of anilines is 1. The molecule has 0 unspecified atom stereocenters. The van der Waals surface area contributed by atoms with Crippen LogP contribution in [-0.4, -0.2) is 15.8 Å². The van der Waals surface area contributed by atoms with Gasteiger partial charge in [-0.25, -0.2) is 9.18 Å². The molecule has 5 nitrogen and oxygen atoms in total. The fraction of sp³-hybridized carbons (Fsp3) is 0.143. The van der Waals surface area contributed by atoms with Gasteiger partial charge < -0.3 is 9.67 Å². The average Bonchev–Trinajstić information content (AvgIpc) is 1.99. The summed E-state index contributed by atoms with van der Waals surface area (Å²) in [5.74, 6) is -0.787. The summed E-state index contributed by atoms with van der Waals surface area (Å²) in [4.78, 5) is 21.1. The monoisotopic (exact) mass is 186 g/mol. The molecule has 70 valence electrons. The van der Waals surface area contributed by atoms with Crippen molar-refractivity contribution in [3.8, 4) is 0 Å². The van der Waals surface area contributed by atoms with Crippen LogP contribution in [0.1, 0.15) is 0 Å². The van der Waals surface area contributed by atoms with E-state index < -0.39 is 17.5 Å². The van der Waals surface area contributed by atoms with Crippen molar-refractivity contribution < 1.29 is 14.3 Å². The van der Waals surface area contributed by atoms with Crippen LogP contribution in [0.15, 0.2) is 17.1 Å². The van der Waals surface area contributed by atoms with E-state index in [1.165, 1.54) is 7.05 Å². The zero-order valence-corrected chi connectivity index (χ0v) is 6.74. The Labute approximate surface area is 72.4 Å². The third-order valence-corrected chi connectivity index (χ3v) is 1.42. The van der Waals surface area contributed by atoms with Gasteiger partial charge in [0.05, 0.1) is 5.69 Å². The van der Waals surface area contributed by atoms with Crippen LogP contribution in [0.3, 0.4) is 0 Å². The van der Waals surface area contributed by atoms with Gasteiger partial charge in [0.2, 0.25) is 0 Å². The molecule has 0 saturated carbocycles. The molecule has 6 heteroatoms. The molecule has 1 heterocycles. The molecule has 0 aromatic carbocycles. The largest absolute Gasteiger partial charge is 0.465 e. The van der Waals surface area contributed by atoms with E-state index in [2.05, 4.69) is 0 Å². The second-order valence-corrected chi connectivity index (χ2v) is 2.41. The van der Waals surface area contributed by atoms with E-state index >= 15 is 0 Å². The van der Waals surface area contributed by atoms with Crippen LogP contribution in [0.2, 0.25) is 0 Å². The molecule has 13 heavy (non-hydrogen) atoms. The van der Waals surface area contributed by atoms with Crippen LogP contribution >= 0.6 is 0 Å². The van der Waals surface area contributed by atoms with Crippen LogP contribution in [-0.2, 0) is 7.05 Å². The lowest BCUT2D eigenvalue weighted by molar-refractivity contribution is 0.209. The van der Waals surface area contributed by atoms with Crippen molar-refractivity contribution in [3.05, 3.63) is 28.4 Å². The molecule has 0 aliphatic carbocycles. The molecule has 0 bridgehead atoms. The molecule has 1 rings (SSSR count). The lowest BCUT2D eigenvalue weighted by Gasteiger charge is -2.03. The summed E-state index contributed by atoms with van der Waals surface area (Å²) < 4.78 is 13.9. The van der Waals surface area contributed by atoms with Gasteiger partial charge in [-0.05, 0) is 0 Å². The van der Waals surface area contributed by atoms with Crippen LogP contribution in [0.4, 0.5) is 14.9 Å². The molecule has 0 spiro atoms. The summed E-state index contributed by atoms with van der Waals surface area (Å²) in [6, 6.07) is 0.878. The number of rotatable bonds is 1. The first-order valence-electron chi connectivity index (χ1n) is 3.37. The van der Waals surface area contributed by atoms with Gasteiger partial charge in [-0.1, -0.05) is 0 Å². The van der Waals surface area contributed by atoms with Crippen LogP contribution < -0.4 is 10.9 Å². The number of hydrogen-bond acceptors (Lipinski definition) is 2. The molecule has 0 aliphatic heterocycles. The second kappa shape index (κ2) is 3.26. The molecule has 0 radical (unpaired) electrons. The molecule has 0 fully saturated rings. The second-order valence-electron chi connectivity index (χ2n) is 2.41. The van der Waals surface area contributed by atoms with Gasteiger partial charge in [0.15, 0.2) is 5.82 Å². The quantitative estimate of drug-likeness (QED) is 0.675. The number of nitrogens with one attached hydrogen (secondary N) is 1. The Kier molecular flexibility index (Phi) is 2.32. The first-order valence-corrected chi connectivity index (χ1v) is 3.37. The Morgan fingerprint density at radius 1 is 1.69 bits per heavy atom. The Bertz CT molecular complexity index is 399. The fourth-order valence-electron chi connectivity index (χ4n) is 0.808. The predicted molar refractivity (Wildman–Crippen MR) is 43.3 cm³/mol. The van der Waals surface area contributed by atoms with E-state index in [9.17, 15) is 14.0 Å². The highest BCUT2D eigenvalue weighted by atomic mass is 19.1. The van der Waals surface area contributed by atoms with Gasteiger partial charge in [0.25, 0.3) is 5.56 Å². The lowest BCUT2D eigenvalue weighted by atomic mass is 10.4. The van der Waals surface area contributed by atoms with Gasteiger partial charge in [0.1, 0.15) is 0 Å². The Hall–Kier alpha value is -1.85. The van der Waals surface area contributed by atoms with E-state index in [1.54, 1.807) is 5.32 Å². The summed E-state index contributed by atoms with van der Waals surface area (Å²) in [7, 11) is 1.37. The number of carbonyl (C=O) groups is 1. The van der Waals surface area contributed by atoms with Gasteiger partial charge in [0, 0.05) is 19.3 Å². The number of pyridine rings is 1. The third kappa shape index (κ3) is 2.05. The van der Waals surface area contributed by atoms with E-state index in [4.69, 9.17) is 5.11 Å². The van der Waals surface area contributed by atoms with Gasteiger partial charge in [-0.3, -0.25) is 10.1 Å². The van der Waals surface area contributed by atoms with Crippen LogP contribution in [0, 0.1) is 5.82 Å². The van der Waals surface area contributed by atoms with Gasteiger partial charge >= 0.3 is 6.09 Å². The number of aryl methyl sites for hydroxylation is 1. The SMILES string of the molecule is Cn1cc(F)c(NC(=O)O)cc1=O. The first kappa shape index (κ1) is 9.24. The standard InChI is InChI=1S/C7H7FN2O3/c1-10-3-4(8)5(2-6(10)11)9-7(12)13/h2-3,9H,1H3,(H,12,13). The number of amides is 1. The molecular formula is C7H7FN2O3. The maximum absolute atomic E-state index is 12.9. The number of halogens is 1. The topological polar surface area (TPSA) is 71.3 Å². The number of nitrogens with zero attached hydrogens (tertiary/aromatic N) is 1. The van der Waals surface area contributed by atoms with E-state index in [-0.39, 0.29) is 5.69 Å². The smallest absolute Gasteiger partial charge is 0.409 e. The Morgan fingerprint density at radius 2 is 2.31 bits per heavy atom. The number of carboxylic acid groups (broad SMARTS) is 1. The van der Waals surface area contributed by atoms with E-state index in [0.29, 0.717) is 0 Å². The minimum Gasteiger partial charge on any atom is -0.465 e. The van der Waals surface area contributed by atoms with Crippen molar-refractivity contribution in [2.24, 2.45) is 7.05 Å². The zero-order valence-electron chi connectivity index (χ0n) is 6.74. The normalized spacial score (nSPS) is 9.69. The van der Waals surface area contributed by atoms with E-state index in [0.717, 1.165) is 16.8 Å². The summed E-state index contributed by atoms with van der Waals surface area (Å²) >= 11 is 0. The van der Waals surface area contributed by atoms with Crippen molar-refractivity contribution in [3.63, 3.8) is 0 Å². The maximum atomic E-state index is 12.9. The maximum Gasteiger partial charge on any atom is 0.409 e. The molecule has 0 atom stereocenters. The average molecular weight is 186 g/mol. The summed E-state index contributed by atoms with van der Waals surface area (Å²) in [6.45, 7) is 0. The summed E-state index contributed by atoms with van der Waals surface area (Å²) in [6.07, 6.45) is -0.500. The highest BCUT2D eigenvalue weighted by Crippen LogP contribution is 2.08. The van der Waals surface area contributed by atoms with Gasteiger partial charge in [-0.2, -0.15) is 0 Å². The third-order valence-electron chi connectivity index (χ3n) is 1.42. The highest BCUT2D eigenvalue weighted by Gasteiger charge is 2.06. The minimum absolute atomic E-state index is 0.337. The summed E-state index contributed by atoms with van der Waals surface area (Å²) in [5, 5.41) is 10.0. The lowest BCUT2D eigenvalue weighted by Crippen LogP contribution is -2.19. The first-order chi connectivity index (χ1) is 6.00. The molecule has 1 aromatic heterocycles. The molecule has 1 aromatic rings. The molecular weight excluding hydrogens is 179 g/mol. The molecule has 2 N–H and O–H groups in total. The highest BCUT2D eigenvalue weighted by molar-refractivity contribution is 5.82. The van der Waals surface area contributed by atoms with Crippen molar-refractivity contribution in [1.82, 2.24) is 4.57 Å². The molecule has 0 saturated heterocycles. The molecule has 0 aliphatic rings. The molecule has 1 amide bonds. The van der Waals surface area contributed by atoms with Crippen molar-refractivity contribution in [2.75, 3.05) is 5.32 Å². The number of aromatic nitrogens is 1. The summed E-state index contributed by atoms with van der Waals surface area (Å²) in [5.41, 5.74) is -0.819. The van der Waals surface area contributed by atoms with Gasteiger partial charge in [-0.15, -0.1) is 0 Å². The Morgan fingerprint density at radius 3 is 2.85 bits per heavy atom. The van der Waals surface area contributed by atoms with Crippen molar-refractivity contribution in [2.45, 2.75) is 0 Å². The van der Waals surface area contributed by atoms with Crippen LogP contribution in [0.5, 0.6) is 0 Å². The zero-order chi connectivity index (χ0) is 10.0. The van der Waals surface area contributed by atoms with E-state index in [1.807, 2.05) is 0 Å².